The van der Waals surface area contributed by atoms with E-state index in [1.165, 1.54) is 11.7 Å². The maximum absolute atomic E-state index is 12.6. The lowest BCUT2D eigenvalue weighted by molar-refractivity contribution is -0.385. The van der Waals surface area contributed by atoms with E-state index in [0.29, 0.717) is 28.6 Å². The predicted molar refractivity (Wildman–Crippen MR) is 100 cm³/mol. The minimum atomic E-state index is -0.636. The van der Waals surface area contributed by atoms with Crippen molar-refractivity contribution in [2.45, 2.75) is 20.4 Å². The summed E-state index contributed by atoms with van der Waals surface area (Å²) in [7, 11) is 1.47. The van der Waals surface area contributed by atoms with E-state index in [2.05, 4.69) is 15.5 Å². The first-order chi connectivity index (χ1) is 12.8. The molecule has 1 amide bonds. The molecule has 0 aliphatic heterocycles. The Morgan fingerprint density at radius 1 is 1.33 bits per heavy atom. The van der Waals surface area contributed by atoms with Crippen molar-refractivity contribution in [1.82, 2.24) is 19.6 Å². The number of rotatable bonds is 5. The van der Waals surface area contributed by atoms with E-state index in [4.69, 9.17) is 11.6 Å². The molecule has 0 unspecified atom stereocenters. The number of hydrogen-bond acceptors (Lipinski definition) is 5. The molecule has 0 bridgehead atoms. The molecule has 2 heterocycles. The zero-order chi connectivity index (χ0) is 19.7. The van der Waals surface area contributed by atoms with Crippen LogP contribution in [-0.4, -0.2) is 30.4 Å². The van der Waals surface area contributed by atoms with Crippen molar-refractivity contribution < 1.29 is 9.72 Å². The van der Waals surface area contributed by atoms with Gasteiger partial charge in [0.05, 0.1) is 28.5 Å². The highest BCUT2D eigenvalue weighted by atomic mass is 35.5. The number of aryl methyl sites for hydroxylation is 2. The topological polar surface area (TPSA) is 108 Å². The highest BCUT2D eigenvalue weighted by Gasteiger charge is 2.27. The third kappa shape index (κ3) is 3.54. The van der Waals surface area contributed by atoms with Crippen molar-refractivity contribution >= 4 is 28.9 Å². The number of nitrogens with one attached hydrogen (secondary N) is 1. The molecule has 3 aromatic rings. The average molecular weight is 389 g/mol. The van der Waals surface area contributed by atoms with Gasteiger partial charge in [0.1, 0.15) is 6.20 Å². The molecule has 0 saturated carbocycles. The van der Waals surface area contributed by atoms with Crippen LogP contribution in [0.5, 0.6) is 0 Å². The summed E-state index contributed by atoms with van der Waals surface area (Å²) in [6, 6.07) is 7.43. The van der Waals surface area contributed by atoms with Gasteiger partial charge in [0.25, 0.3) is 5.91 Å². The van der Waals surface area contributed by atoms with E-state index in [-0.39, 0.29) is 11.4 Å². The molecule has 0 saturated heterocycles. The molecular weight excluding hydrogens is 372 g/mol. The molecular formula is C17H17ClN6O3. The lowest BCUT2D eigenvalue weighted by Gasteiger charge is -2.08. The molecule has 0 spiro atoms. The highest BCUT2D eigenvalue weighted by Crippen LogP contribution is 2.25. The monoisotopic (exact) mass is 388 g/mol. The van der Waals surface area contributed by atoms with E-state index in [0.717, 1.165) is 11.8 Å². The second-order valence-corrected chi connectivity index (χ2v) is 6.42. The van der Waals surface area contributed by atoms with Gasteiger partial charge in [0.15, 0.2) is 0 Å². The summed E-state index contributed by atoms with van der Waals surface area (Å²) >= 11 is 6.21. The zero-order valence-corrected chi connectivity index (χ0v) is 15.7. The summed E-state index contributed by atoms with van der Waals surface area (Å²) in [4.78, 5) is 23.1. The molecule has 140 valence electrons. The lowest BCUT2D eigenvalue weighted by atomic mass is 10.2. The minimum Gasteiger partial charge on any atom is -0.317 e. The first-order valence-corrected chi connectivity index (χ1v) is 8.42. The Morgan fingerprint density at radius 3 is 2.70 bits per heavy atom. The number of aromatic nitrogens is 4. The molecule has 1 aromatic carbocycles. The molecule has 27 heavy (non-hydrogen) atoms. The summed E-state index contributed by atoms with van der Waals surface area (Å²) in [5.74, 6) is -0.620. The Hall–Kier alpha value is -3.20. The lowest BCUT2D eigenvalue weighted by Crippen LogP contribution is -2.18. The van der Waals surface area contributed by atoms with Gasteiger partial charge in [-0.15, -0.1) is 0 Å². The standard InChI is InChI=1S/C17H17ClN6O3/c1-10-15(20-17(25)16-14(24(26)27)8-19-22(16)3)11(2)23(21-10)9-12-6-4-5-7-13(12)18/h4-8H,9H2,1-3H3,(H,20,25). The molecule has 2 aromatic heterocycles. The number of nitrogens with zero attached hydrogens (tertiary/aromatic N) is 5. The Balaban J connectivity index is 1.90. The predicted octanol–water partition coefficient (Wildman–Crippen LogP) is 3.10. The Morgan fingerprint density at radius 2 is 2.04 bits per heavy atom. The fourth-order valence-electron chi connectivity index (χ4n) is 2.82. The molecule has 0 aliphatic rings. The normalized spacial score (nSPS) is 10.8. The van der Waals surface area contributed by atoms with E-state index < -0.39 is 10.8 Å². The number of carbonyl (C=O) groups is 1. The molecule has 1 N–H and O–H groups in total. The average Bonchev–Trinajstić information content (AvgIpc) is 3.12. The first kappa shape index (κ1) is 18.6. The highest BCUT2D eigenvalue weighted by molar-refractivity contribution is 6.31. The Bertz CT molecular complexity index is 1040. The van der Waals surface area contributed by atoms with Crippen LogP contribution in [0.15, 0.2) is 30.5 Å². The molecule has 0 radical (unpaired) electrons. The van der Waals surface area contributed by atoms with Crippen LogP contribution in [0.3, 0.4) is 0 Å². The summed E-state index contributed by atoms with van der Waals surface area (Å²) < 4.78 is 2.90. The van der Waals surface area contributed by atoms with Gasteiger partial charge < -0.3 is 5.32 Å². The van der Waals surface area contributed by atoms with Crippen molar-refractivity contribution in [3.63, 3.8) is 0 Å². The minimum absolute atomic E-state index is 0.127. The van der Waals surface area contributed by atoms with Crippen LogP contribution >= 0.6 is 11.6 Å². The first-order valence-electron chi connectivity index (χ1n) is 8.04. The number of carbonyl (C=O) groups excluding carboxylic acids is 1. The van der Waals surface area contributed by atoms with Crippen LogP contribution in [0.2, 0.25) is 5.02 Å². The van der Waals surface area contributed by atoms with Crippen molar-refractivity contribution in [3.05, 3.63) is 68.2 Å². The van der Waals surface area contributed by atoms with E-state index >= 15 is 0 Å². The van der Waals surface area contributed by atoms with Crippen LogP contribution in [0.1, 0.15) is 27.4 Å². The fraction of sp³-hybridized carbons (Fsp3) is 0.235. The Kier molecular flexibility index (Phi) is 4.95. The van der Waals surface area contributed by atoms with Gasteiger partial charge >= 0.3 is 5.69 Å². The smallest absolute Gasteiger partial charge is 0.317 e. The van der Waals surface area contributed by atoms with Crippen LogP contribution in [0.25, 0.3) is 0 Å². The van der Waals surface area contributed by atoms with Crippen LogP contribution in [0.4, 0.5) is 11.4 Å². The third-order valence-corrected chi connectivity index (χ3v) is 4.60. The van der Waals surface area contributed by atoms with Crippen molar-refractivity contribution in [2.24, 2.45) is 7.05 Å². The van der Waals surface area contributed by atoms with Crippen LogP contribution in [-0.2, 0) is 13.6 Å². The van der Waals surface area contributed by atoms with Crippen molar-refractivity contribution in [2.75, 3.05) is 5.32 Å². The fourth-order valence-corrected chi connectivity index (χ4v) is 3.01. The number of nitro groups is 1. The van der Waals surface area contributed by atoms with Gasteiger partial charge in [-0.25, -0.2) is 0 Å². The van der Waals surface area contributed by atoms with Crippen LogP contribution < -0.4 is 5.32 Å². The van der Waals surface area contributed by atoms with Crippen molar-refractivity contribution in [1.29, 1.82) is 0 Å². The summed E-state index contributed by atoms with van der Waals surface area (Å²) in [5, 5.41) is 22.7. The number of halogens is 1. The SMILES string of the molecule is Cc1nn(Cc2ccccc2Cl)c(C)c1NC(=O)c1c([N+](=O)[O-])cnn1C. The number of hydrogen-bond donors (Lipinski definition) is 1. The van der Waals surface area contributed by atoms with E-state index in [9.17, 15) is 14.9 Å². The Labute approximate surface area is 159 Å². The number of anilines is 1. The second kappa shape index (κ2) is 7.20. The van der Waals surface area contributed by atoms with Crippen molar-refractivity contribution in [3.8, 4) is 0 Å². The second-order valence-electron chi connectivity index (χ2n) is 6.01. The summed E-state index contributed by atoms with van der Waals surface area (Å²) in [5.41, 5.74) is 2.22. The quantitative estimate of drug-likeness (QED) is 0.533. The van der Waals surface area contributed by atoms with Gasteiger partial charge in [-0.05, 0) is 25.5 Å². The molecule has 0 atom stereocenters. The van der Waals surface area contributed by atoms with E-state index in [1.54, 1.807) is 17.7 Å². The summed E-state index contributed by atoms with van der Waals surface area (Å²) in [6.07, 6.45) is 1.05. The molecule has 3 rings (SSSR count). The zero-order valence-electron chi connectivity index (χ0n) is 14.9. The molecule has 0 aliphatic carbocycles. The maximum Gasteiger partial charge on any atom is 0.320 e. The van der Waals surface area contributed by atoms with E-state index in [1.807, 2.05) is 25.1 Å². The van der Waals surface area contributed by atoms with Crippen LogP contribution in [0, 0.1) is 24.0 Å². The number of amides is 1. The number of benzene rings is 1. The van der Waals surface area contributed by atoms with Gasteiger partial charge in [0.2, 0.25) is 5.69 Å². The van der Waals surface area contributed by atoms with Gasteiger partial charge in [-0.3, -0.25) is 24.3 Å². The summed E-state index contributed by atoms with van der Waals surface area (Å²) in [6.45, 7) is 4.00. The largest absolute Gasteiger partial charge is 0.320 e. The molecule has 9 nitrogen and oxygen atoms in total. The molecule has 0 fully saturated rings. The van der Waals surface area contributed by atoms with Gasteiger partial charge in [-0.1, -0.05) is 29.8 Å². The van der Waals surface area contributed by atoms with Gasteiger partial charge in [-0.2, -0.15) is 10.2 Å². The molecule has 10 heteroatoms. The van der Waals surface area contributed by atoms with Gasteiger partial charge in [0, 0.05) is 12.1 Å². The maximum atomic E-state index is 12.6. The third-order valence-electron chi connectivity index (χ3n) is 4.23.